The van der Waals surface area contributed by atoms with Gasteiger partial charge in [0.15, 0.2) is 0 Å². The Morgan fingerprint density at radius 1 is 1.25 bits per heavy atom. The smallest absolute Gasteiger partial charge is 0.268 e. The molecule has 0 saturated heterocycles. The fourth-order valence-corrected chi connectivity index (χ4v) is 2.62. The zero-order valence-electron chi connectivity index (χ0n) is 12.2. The molecule has 2 amide bonds. The molecule has 0 spiro atoms. The van der Waals surface area contributed by atoms with Crippen LogP contribution < -0.4 is 10.6 Å². The van der Waals surface area contributed by atoms with E-state index in [0.29, 0.717) is 5.69 Å². The van der Waals surface area contributed by atoms with Crippen molar-refractivity contribution >= 4 is 11.8 Å². The second-order valence-corrected chi connectivity index (χ2v) is 5.50. The molecule has 1 heterocycles. The maximum absolute atomic E-state index is 12.0. The molecule has 0 unspecified atom stereocenters. The Morgan fingerprint density at radius 3 is 2.55 bits per heavy atom. The highest BCUT2D eigenvalue weighted by molar-refractivity contribution is 5.95. The van der Waals surface area contributed by atoms with E-state index in [0.717, 1.165) is 18.5 Å². The highest BCUT2D eigenvalue weighted by atomic mass is 16.2. The molecular formula is C15H23N3O2. The molecule has 0 radical (unpaired) electrons. The summed E-state index contributed by atoms with van der Waals surface area (Å²) in [6, 6.07) is 3.94. The van der Waals surface area contributed by atoms with Crippen molar-refractivity contribution in [2.45, 2.75) is 45.1 Å². The molecule has 0 atom stereocenters. The van der Waals surface area contributed by atoms with Crippen molar-refractivity contribution in [2.24, 2.45) is 7.05 Å². The molecule has 110 valence electrons. The van der Waals surface area contributed by atoms with E-state index in [1.54, 1.807) is 6.07 Å². The Morgan fingerprint density at radius 2 is 1.95 bits per heavy atom. The van der Waals surface area contributed by atoms with Crippen LogP contribution in [0.25, 0.3) is 0 Å². The van der Waals surface area contributed by atoms with Crippen LogP contribution in [0.4, 0.5) is 0 Å². The summed E-state index contributed by atoms with van der Waals surface area (Å²) in [5.41, 5.74) is 1.59. The number of hydrogen-bond acceptors (Lipinski definition) is 2. The van der Waals surface area contributed by atoms with Gasteiger partial charge >= 0.3 is 0 Å². The van der Waals surface area contributed by atoms with Crippen LogP contribution in [-0.4, -0.2) is 29.0 Å². The molecule has 20 heavy (non-hydrogen) atoms. The first kappa shape index (κ1) is 14.6. The Bertz CT molecular complexity index is 487. The highest BCUT2D eigenvalue weighted by Gasteiger charge is 2.17. The summed E-state index contributed by atoms with van der Waals surface area (Å²) in [5, 5.41) is 5.66. The van der Waals surface area contributed by atoms with Crippen molar-refractivity contribution in [3.8, 4) is 0 Å². The molecule has 1 aliphatic rings. The van der Waals surface area contributed by atoms with Crippen LogP contribution in [0.5, 0.6) is 0 Å². The van der Waals surface area contributed by atoms with Gasteiger partial charge in [-0.2, -0.15) is 0 Å². The fourth-order valence-electron chi connectivity index (χ4n) is 2.62. The second-order valence-electron chi connectivity index (χ2n) is 5.50. The van der Waals surface area contributed by atoms with Crippen LogP contribution in [0.15, 0.2) is 12.1 Å². The number of nitrogens with zero attached hydrogens (tertiary/aromatic N) is 1. The molecule has 1 aromatic rings. The molecule has 0 bridgehead atoms. The Balaban J connectivity index is 1.78. The standard InChI is InChI=1S/C15H23N3O2/c1-11-8-9-13(18(11)2)15(20)16-10-14(19)17-12-6-4-3-5-7-12/h8-9,12H,3-7,10H2,1-2H3,(H,16,20)(H,17,19). The van der Waals surface area contributed by atoms with Crippen molar-refractivity contribution in [1.82, 2.24) is 15.2 Å². The first-order valence-corrected chi connectivity index (χ1v) is 7.28. The normalized spacial score (nSPS) is 15.9. The molecule has 2 N–H and O–H groups in total. The predicted molar refractivity (Wildman–Crippen MR) is 77.5 cm³/mol. The van der Waals surface area contributed by atoms with Crippen LogP contribution in [0.3, 0.4) is 0 Å². The first-order chi connectivity index (χ1) is 9.58. The minimum Gasteiger partial charge on any atom is -0.352 e. The van der Waals surface area contributed by atoms with Gasteiger partial charge in [-0.1, -0.05) is 19.3 Å². The zero-order chi connectivity index (χ0) is 14.5. The average Bonchev–Trinajstić information content (AvgIpc) is 2.78. The summed E-state index contributed by atoms with van der Waals surface area (Å²) < 4.78 is 1.81. The van der Waals surface area contributed by atoms with Gasteiger partial charge in [0.25, 0.3) is 5.91 Å². The lowest BCUT2D eigenvalue weighted by Gasteiger charge is -2.22. The maximum atomic E-state index is 12.0. The largest absolute Gasteiger partial charge is 0.352 e. The van der Waals surface area contributed by atoms with E-state index in [9.17, 15) is 9.59 Å². The van der Waals surface area contributed by atoms with Crippen molar-refractivity contribution in [2.75, 3.05) is 6.54 Å². The highest BCUT2D eigenvalue weighted by Crippen LogP contribution is 2.17. The quantitative estimate of drug-likeness (QED) is 0.876. The number of aryl methyl sites for hydroxylation is 1. The lowest BCUT2D eigenvalue weighted by Crippen LogP contribution is -2.42. The molecule has 2 rings (SSSR count). The average molecular weight is 277 g/mol. The second kappa shape index (κ2) is 6.59. The van der Waals surface area contributed by atoms with E-state index < -0.39 is 0 Å². The molecule has 5 nitrogen and oxygen atoms in total. The molecule has 5 heteroatoms. The van der Waals surface area contributed by atoms with Crippen LogP contribution in [0, 0.1) is 6.92 Å². The van der Waals surface area contributed by atoms with Gasteiger partial charge in [0, 0.05) is 18.8 Å². The monoisotopic (exact) mass is 277 g/mol. The van der Waals surface area contributed by atoms with Gasteiger partial charge in [0.1, 0.15) is 5.69 Å². The summed E-state index contributed by atoms with van der Waals surface area (Å²) in [6.07, 6.45) is 5.73. The van der Waals surface area contributed by atoms with Gasteiger partial charge in [-0.15, -0.1) is 0 Å². The van der Waals surface area contributed by atoms with Gasteiger partial charge in [-0.3, -0.25) is 9.59 Å². The maximum Gasteiger partial charge on any atom is 0.268 e. The third kappa shape index (κ3) is 3.62. The number of nitrogens with one attached hydrogen (secondary N) is 2. The van der Waals surface area contributed by atoms with E-state index >= 15 is 0 Å². The number of carbonyl (C=O) groups is 2. The summed E-state index contributed by atoms with van der Waals surface area (Å²) in [5.74, 6) is -0.310. The van der Waals surface area contributed by atoms with Crippen LogP contribution in [-0.2, 0) is 11.8 Å². The van der Waals surface area contributed by atoms with E-state index in [1.165, 1.54) is 19.3 Å². The molecule has 1 aromatic heterocycles. The van der Waals surface area contributed by atoms with Crippen molar-refractivity contribution in [3.63, 3.8) is 0 Å². The SMILES string of the molecule is Cc1ccc(C(=O)NCC(=O)NC2CCCCC2)n1C. The van der Waals surface area contributed by atoms with E-state index in [4.69, 9.17) is 0 Å². The zero-order valence-corrected chi connectivity index (χ0v) is 12.2. The molecule has 1 saturated carbocycles. The topological polar surface area (TPSA) is 63.1 Å². The minimum atomic E-state index is -0.209. The number of hydrogen-bond donors (Lipinski definition) is 2. The van der Waals surface area contributed by atoms with E-state index in [2.05, 4.69) is 10.6 Å². The van der Waals surface area contributed by atoms with Crippen LogP contribution in [0.1, 0.15) is 48.3 Å². The van der Waals surface area contributed by atoms with Gasteiger partial charge in [-0.05, 0) is 31.9 Å². The van der Waals surface area contributed by atoms with Gasteiger partial charge in [-0.25, -0.2) is 0 Å². The molecule has 1 fully saturated rings. The van der Waals surface area contributed by atoms with Gasteiger partial charge in [0.05, 0.1) is 6.54 Å². The fraction of sp³-hybridized carbons (Fsp3) is 0.600. The number of amides is 2. The third-order valence-corrected chi connectivity index (χ3v) is 3.99. The summed E-state index contributed by atoms with van der Waals surface area (Å²) in [4.78, 5) is 23.8. The Labute approximate surface area is 119 Å². The predicted octanol–water partition coefficient (Wildman–Crippen LogP) is 1.51. The summed E-state index contributed by atoms with van der Waals surface area (Å²) in [6.45, 7) is 1.98. The van der Waals surface area contributed by atoms with Crippen LogP contribution >= 0.6 is 0 Å². The lowest BCUT2D eigenvalue weighted by atomic mass is 9.95. The molecular weight excluding hydrogens is 254 g/mol. The summed E-state index contributed by atoms with van der Waals surface area (Å²) >= 11 is 0. The van der Waals surface area contributed by atoms with Crippen LogP contribution in [0.2, 0.25) is 0 Å². The van der Waals surface area contributed by atoms with Crippen molar-refractivity contribution in [1.29, 1.82) is 0 Å². The number of rotatable bonds is 4. The minimum absolute atomic E-state index is 0.0412. The van der Waals surface area contributed by atoms with Crippen molar-refractivity contribution in [3.05, 3.63) is 23.5 Å². The molecule has 1 aliphatic carbocycles. The third-order valence-electron chi connectivity index (χ3n) is 3.99. The number of carbonyl (C=O) groups excluding carboxylic acids is 2. The molecule has 0 aromatic carbocycles. The van der Waals surface area contributed by atoms with E-state index in [-0.39, 0.29) is 24.4 Å². The Hall–Kier alpha value is -1.78. The van der Waals surface area contributed by atoms with Crippen molar-refractivity contribution < 1.29 is 9.59 Å². The number of aromatic nitrogens is 1. The van der Waals surface area contributed by atoms with E-state index in [1.807, 2.05) is 24.6 Å². The lowest BCUT2D eigenvalue weighted by molar-refractivity contribution is -0.121. The van der Waals surface area contributed by atoms with Gasteiger partial charge in [0.2, 0.25) is 5.91 Å². The molecule has 0 aliphatic heterocycles. The van der Waals surface area contributed by atoms with Gasteiger partial charge < -0.3 is 15.2 Å². The summed E-state index contributed by atoms with van der Waals surface area (Å²) in [7, 11) is 1.84. The first-order valence-electron chi connectivity index (χ1n) is 7.28. The Kier molecular flexibility index (Phi) is 4.82.